The zero-order valence-electron chi connectivity index (χ0n) is 14.3. The molecule has 4 nitrogen and oxygen atoms in total. The average Bonchev–Trinajstić information content (AvgIpc) is 2.92. The van der Waals surface area contributed by atoms with E-state index in [9.17, 15) is 4.79 Å². The van der Waals surface area contributed by atoms with E-state index in [0.29, 0.717) is 12.0 Å². The van der Waals surface area contributed by atoms with Gasteiger partial charge in [-0.1, -0.05) is 18.6 Å². The van der Waals surface area contributed by atoms with Gasteiger partial charge in [0.05, 0.1) is 5.92 Å². The summed E-state index contributed by atoms with van der Waals surface area (Å²) in [6, 6.07) is 8.41. The summed E-state index contributed by atoms with van der Waals surface area (Å²) in [7, 11) is 0. The number of hydrogen-bond acceptors (Lipinski definition) is 4. The van der Waals surface area contributed by atoms with E-state index >= 15 is 0 Å². The first-order valence-corrected chi connectivity index (χ1v) is 8.68. The molecule has 3 rings (SSSR count). The highest BCUT2D eigenvalue weighted by atomic mass is 16.6. The molecular weight excluding hydrogens is 288 g/mol. The molecule has 1 saturated heterocycles. The van der Waals surface area contributed by atoms with Crippen LogP contribution in [-0.2, 0) is 9.53 Å². The summed E-state index contributed by atoms with van der Waals surface area (Å²) in [5.41, 5.74) is 7.23. The van der Waals surface area contributed by atoms with E-state index in [0.717, 1.165) is 17.7 Å². The SMILES string of the molecule is CC(C)(C)OC(=O)C1CC2CCCC2NC1c1ccc(N)cc1. The van der Waals surface area contributed by atoms with Gasteiger partial charge in [-0.15, -0.1) is 0 Å². The number of benzene rings is 1. The minimum Gasteiger partial charge on any atom is -0.460 e. The van der Waals surface area contributed by atoms with Crippen LogP contribution < -0.4 is 11.1 Å². The van der Waals surface area contributed by atoms with Gasteiger partial charge in [0.15, 0.2) is 0 Å². The molecule has 0 radical (unpaired) electrons. The summed E-state index contributed by atoms with van der Waals surface area (Å²) in [6.07, 6.45) is 4.59. The molecular formula is C19H28N2O2. The van der Waals surface area contributed by atoms with Crippen molar-refractivity contribution in [1.29, 1.82) is 0 Å². The third-order valence-electron chi connectivity index (χ3n) is 5.02. The largest absolute Gasteiger partial charge is 0.460 e. The number of ether oxygens (including phenoxy) is 1. The van der Waals surface area contributed by atoms with E-state index in [1.54, 1.807) is 0 Å². The smallest absolute Gasteiger partial charge is 0.311 e. The Bertz CT molecular complexity index is 562. The minimum atomic E-state index is -0.449. The second-order valence-corrected chi connectivity index (χ2v) is 7.98. The number of nitrogen functional groups attached to an aromatic ring is 1. The Morgan fingerprint density at radius 2 is 1.91 bits per heavy atom. The van der Waals surface area contributed by atoms with Crippen LogP contribution in [0, 0.1) is 11.8 Å². The van der Waals surface area contributed by atoms with Crippen molar-refractivity contribution in [2.45, 2.75) is 64.1 Å². The van der Waals surface area contributed by atoms with Crippen molar-refractivity contribution < 1.29 is 9.53 Å². The lowest BCUT2D eigenvalue weighted by Gasteiger charge is -2.40. The quantitative estimate of drug-likeness (QED) is 0.648. The highest BCUT2D eigenvalue weighted by Crippen LogP contribution is 2.42. The zero-order chi connectivity index (χ0) is 16.6. The van der Waals surface area contributed by atoms with E-state index in [2.05, 4.69) is 5.32 Å². The Balaban J connectivity index is 1.85. The maximum absolute atomic E-state index is 12.8. The van der Waals surface area contributed by atoms with E-state index in [1.165, 1.54) is 19.3 Å². The fourth-order valence-corrected chi connectivity index (χ4v) is 3.99. The Morgan fingerprint density at radius 3 is 2.57 bits per heavy atom. The van der Waals surface area contributed by atoms with Crippen molar-refractivity contribution in [2.75, 3.05) is 5.73 Å². The molecule has 4 unspecified atom stereocenters. The van der Waals surface area contributed by atoms with E-state index in [-0.39, 0.29) is 17.9 Å². The highest BCUT2D eigenvalue weighted by Gasteiger charge is 2.43. The average molecular weight is 316 g/mol. The van der Waals surface area contributed by atoms with Crippen molar-refractivity contribution in [3.63, 3.8) is 0 Å². The van der Waals surface area contributed by atoms with Gasteiger partial charge in [-0.25, -0.2) is 0 Å². The third-order valence-corrected chi connectivity index (χ3v) is 5.02. The highest BCUT2D eigenvalue weighted by molar-refractivity contribution is 5.74. The molecule has 0 aromatic heterocycles. The van der Waals surface area contributed by atoms with Crippen molar-refractivity contribution in [3.8, 4) is 0 Å². The first-order chi connectivity index (χ1) is 10.8. The van der Waals surface area contributed by atoms with Crippen LogP contribution in [0.2, 0.25) is 0 Å². The third kappa shape index (κ3) is 3.69. The molecule has 0 amide bonds. The van der Waals surface area contributed by atoms with Crippen LogP contribution in [0.3, 0.4) is 0 Å². The Hall–Kier alpha value is -1.55. The van der Waals surface area contributed by atoms with E-state index in [1.807, 2.05) is 45.0 Å². The van der Waals surface area contributed by atoms with Gasteiger partial charge in [-0.2, -0.15) is 0 Å². The Labute approximate surface area is 138 Å². The van der Waals surface area contributed by atoms with Gasteiger partial charge in [0.1, 0.15) is 5.60 Å². The van der Waals surface area contributed by atoms with Gasteiger partial charge < -0.3 is 15.8 Å². The summed E-state index contributed by atoms with van der Waals surface area (Å²) >= 11 is 0. The normalized spacial score (nSPS) is 30.7. The standard InChI is InChI=1S/C19H28N2O2/c1-19(2,3)23-18(22)15-11-13-5-4-6-16(13)21-17(15)12-7-9-14(20)10-8-12/h7-10,13,15-17,21H,4-6,11,20H2,1-3H3. The number of carbonyl (C=O) groups excluding carboxylic acids is 1. The summed E-state index contributed by atoms with van der Waals surface area (Å²) in [6.45, 7) is 5.78. The lowest BCUT2D eigenvalue weighted by Crippen LogP contribution is -2.48. The molecule has 2 aliphatic rings. The molecule has 23 heavy (non-hydrogen) atoms. The second kappa shape index (κ2) is 6.16. The van der Waals surface area contributed by atoms with E-state index in [4.69, 9.17) is 10.5 Å². The van der Waals surface area contributed by atoms with Gasteiger partial charge in [0.2, 0.25) is 0 Å². The summed E-state index contributed by atoms with van der Waals surface area (Å²) in [5, 5.41) is 3.73. The predicted molar refractivity (Wildman–Crippen MR) is 91.8 cm³/mol. The monoisotopic (exact) mass is 316 g/mol. The lowest BCUT2D eigenvalue weighted by molar-refractivity contribution is -0.163. The predicted octanol–water partition coefficient (Wildman–Crippen LogP) is 3.43. The minimum absolute atomic E-state index is 0.0183. The molecule has 3 N–H and O–H groups in total. The van der Waals surface area contributed by atoms with Crippen molar-refractivity contribution in [1.82, 2.24) is 5.32 Å². The maximum atomic E-state index is 12.8. The number of nitrogens with one attached hydrogen (secondary N) is 1. The number of nitrogens with two attached hydrogens (primary N) is 1. The van der Waals surface area contributed by atoms with Gasteiger partial charge in [0, 0.05) is 17.8 Å². The molecule has 1 aromatic rings. The van der Waals surface area contributed by atoms with Crippen LogP contribution in [0.5, 0.6) is 0 Å². The summed E-state index contributed by atoms with van der Waals surface area (Å²) < 4.78 is 5.70. The van der Waals surface area contributed by atoms with E-state index < -0.39 is 5.60 Å². The maximum Gasteiger partial charge on any atom is 0.311 e. The summed E-state index contributed by atoms with van der Waals surface area (Å²) in [5.74, 6) is 0.381. The van der Waals surface area contributed by atoms with Crippen molar-refractivity contribution in [2.24, 2.45) is 11.8 Å². The molecule has 1 aliphatic heterocycles. The molecule has 2 fully saturated rings. The Morgan fingerprint density at radius 1 is 1.22 bits per heavy atom. The van der Waals surface area contributed by atoms with Crippen LogP contribution >= 0.6 is 0 Å². The molecule has 126 valence electrons. The Kier molecular flexibility index (Phi) is 4.37. The zero-order valence-corrected chi connectivity index (χ0v) is 14.3. The number of esters is 1. The molecule has 0 spiro atoms. The number of anilines is 1. The molecule has 1 aliphatic carbocycles. The van der Waals surface area contributed by atoms with Crippen LogP contribution in [0.4, 0.5) is 5.69 Å². The van der Waals surface area contributed by atoms with Crippen LogP contribution in [0.25, 0.3) is 0 Å². The van der Waals surface area contributed by atoms with Crippen LogP contribution in [0.1, 0.15) is 58.1 Å². The first kappa shape index (κ1) is 16.3. The van der Waals surface area contributed by atoms with Gasteiger partial charge in [-0.05, 0) is 63.6 Å². The topological polar surface area (TPSA) is 64.3 Å². The molecule has 4 heteroatoms. The van der Waals surface area contributed by atoms with Crippen LogP contribution in [-0.4, -0.2) is 17.6 Å². The molecule has 1 aromatic carbocycles. The van der Waals surface area contributed by atoms with Gasteiger partial charge in [0.25, 0.3) is 0 Å². The molecule has 1 saturated carbocycles. The molecule has 0 bridgehead atoms. The van der Waals surface area contributed by atoms with Gasteiger partial charge >= 0.3 is 5.97 Å². The first-order valence-electron chi connectivity index (χ1n) is 8.68. The second-order valence-electron chi connectivity index (χ2n) is 7.98. The molecule has 4 atom stereocenters. The van der Waals surface area contributed by atoms with Crippen molar-refractivity contribution >= 4 is 11.7 Å². The molecule has 1 heterocycles. The fraction of sp³-hybridized carbons (Fsp3) is 0.632. The van der Waals surface area contributed by atoms with Crippen molar-refractivity contribution in [3.05, 3.63) is 29.8 Å². The lowest BCUT2D eigenvalue weighted by atomic mass is 9.78. The number of hydrogen-bond donors (Lipinski definition) is 2. The number of rotatable bonds is 2. The fourth-order valence-electron chi connectivity index (χ4n) is 3.99. The number of piperidine rings is 1. The number of fused-ring (bicyclic) bond motifs is 1. The van der Waals surface area contributed by atoms with Gasteiger partial charge in [-0.3, -0.25) is 4.79 Å². The summed E-state index contributed by atoms with van der Waals surface area (Å²) in [4.78, 5) is 12.8. The van der Waals surface area contributed by atoms with Crippen LogP contribution in [0.15, 0.2) is 24.3 Å². The number of carbonyl (C=O) groups is 1.